The number of carbonyl (C=O) groups is 1. The van der Waals surface area contributed by atoms with Crippen molar-refractivity contribution in [2.24, 2.45) is 0 Å². The normalized spacial score (nSPS) is 14.6. The number of aryl methyl sites for hydroxylation is 1. The van der Waals surface area contributed by atoms with Gasteiger partial charge in [-0.2, -0.15) is 11.8 Å². The monoisotopic (exact) mass is 267 g/mol. The van der Waals surface area contributed by atoms with Gasteiger partial charge in [0.25, 0.3) is 0 Å². The topological polar surface area (TPSA) is 63.3 Å². The van der Waals surface area contributed by atoms with Crippen LogP contribution in [-0.2, 0) is 12.2 Å². The van der Waals surface area contributed by atoms with Crippen molar-refractivity contribution in [3.63, 3.8) is 0 Å². The first kappa shape index (κ1) is 10.9. The molecule has 0 aromatic carbocycles. The second-order valence-electron chi connectivity index (χ2n) is 3.70. The lowest BCUT2D eigenvalue weighted by atomic mass is 10.2. The van der Waals surface area contributed by atoms with Gasteiger partial charge in [-0.1, -0.05) is 0 Å². The molecule has 0 amide bonds. The van der Waals surface area contributed by atoms with Crippen LogP contribution < -0.4 is 0 Å². The molecule has 1 aliphatic rings. The molecule has 0 bridgehead atoms. The molecular weight excluding hydrogens is 258 g/mol. The van der Waals surface area contributed by atoms with Crippen molar-refractivity contribution in [3.05, 3.63) is 28.5 Å². The summed E-state index contributed by atoms with van der Waals surface area (Å²) < 4.78 is 5.20. The first-order valence-corrected chi connectivity index (χ1v) is 7.09. The van der Waals surface area contributed by atoms with Crippen molar-refractivity contribution in [1.29, 1.82) is 0 Å². The van der Waals surface area contributed by atoms with Crippen LogP contribution in [0.2, 0.25) is 0 Å². The summed E-state index contributed by atoms with van der Waals surface area (Å²) in [5.74, 6) is 1.53. The number of thiophene rings is 1. The van der Waals surface area contributed by atoms with E-state index in [2.05, 4.69) is 11.1 Å². The van der Waals surface area contributed by atoms with Crippen LogP contribution in [0.15, 0.2) is 16.7 Å². The molecule has 0 spiro atoms. The van der Waals surface area contributed by atoms with E-state index in [1.54, 1.807) is 11.3 Å². The van der Waals surface area contributed by atoms with Crippen LogP contribution >= 0.6 is 23.1 Å². The van der Waals surface area contributed by atoms with Gasteiger partial charge >= 0.3 is 5.97 Å². The average molecular weight is 267 g/mol. The van der Waals surface area contributed by atoms with Crippen molar-refractivity contribution >= 4 is 29.1 Å². The highest BCUT2D eigenvalue weighted by atomic mass is 32.2. The van der Waals surface area contributed by atoms with Gasteiger partial charge in [0.2, 0.25) is 5.89 Å². The Morgan fingerprint density at radius 3 is 3.12 bits per heavy atom. The molecule has 88 valence electrons. The molecule has 1 N–H and O–H groups in total. The van der Waals surface area contributed by atoms with Crippen LogP contribution in [0.25, 0.3) is 10.8 Å². The van der Waals surface area contributed by atoms with E-state index < -0.39 is 5.97 Å². The molecule has 0 saturated carbocycles. The third kappa shape index (κ3) is 1.98. The molecule has 0 aliphatic carbocycles. The number of carboxylic acid groups (broad SMARTS) is 1. The van der Waals surface area contributed by atoms with E-state index in [1.165, 1.54) is 16.7 Å². The SMILES string of the molecule is O=C(O)c1coc(-c2cc3c(s2)CCSC3)n1. The fourth-order valence-corrected chi connectivity index (χ4v) is 4.04. The first-order valence-electron chi connectivity index (χ1n) is 5.12. The highest BCUT2D eigenvalue weighted by Crippen LogP contribution is 2.36. The maximum absolute atomic E-state index is 10.7. The van der Waals surface area contributed by atoms with Crippen molar-refractivity contribution in [3.8, 4) is 10.8 Å². The van der Waals surface area contributed by atoms with Gasteiger partial charge in [-0.15, -0.1) is 11.3 Å². The number of fused-ring (bicyclic) bond motifs is 1. The third-order valence-corrected chi connectivity index (χ3v) is 4.79. The number of hydrogen-bond acceptors (Lipinski definition) is 5. The Labute approximate surface area is 106 Å². The van der Waals surface area contributed by atoms with Crippen LogP contribution in [0.3, 0.4) is 0 Å². The predicted molar refractivity (Wildman–Crippen MR) is 66.6 cm³/mol. The van der Waals surface area contributed by atoms with E-state index in [4.69, 9.17) is 9.52 Å². The van der Waals surface area contributed by atoms with Crippen LogP contribution in [0.5, 0.6) is 0 Å². The highest BCUT2D eigenvalue weighted by Gasteiger charge is 2.18. The Hall–Kier alpha value is -1.27. The Kier molecular flexibility index (Phi) is 2.68. The zero-order valence-electron chi connectivity index (χ0n) is 8.80. The van der Waals surface area contributed by atoms with Crippen LogP contribution in [0.1, 0.15) is 20.9 Å². The smallest absolute Gasteiger partial charge is 0.357 e. The maximum atomic E-state index is 10.7. The fraction of sp³-hybridized carbons (Fsp3) is 0.273. The van der Waals surface area contributed by atoms with Gasteiger partial charge in [0.1, 0.15) is 6.26 Å². The van der Waals surface area contributed by atoms with E-state index in [1.807, 2.05) is 11.8 Å². The first-order chi connectivity index (χ1) is 8.24. The molecule has 2 aromatic rings. The molecule has 0 unspecified atom stereocenters. The summed E-state index contributed by atoms with van der Waals surface area (Å²) in [6, 6.07) is 2.06. The Morgan fingerprint density at radius 1 is 1.53 bits per heavy atom. The van der Waals surface area contributed by atoms with Gasteiger partial charge in [-0.3, -0.25) is 0 Å². The summed E-state index contributed by atoms with van der Waals surface area (Å²) in [4.78, 5) is 17.0. The van der Waals surface area contributed by atoms with Crippen molar-refractivity contribution in [2.45, 2.75) is 12.2 Å². The number of carboxylic acids is 1. The minimum atomic E-state index is -1.06. The van der Waals surface area contributed by atoms with Gasteiger partial charge in [-0.25, -0.2) is 9.78 Å². The number of aromatic nitrogens is 1. The van der Waals surface area contributed by atoms with Crippen molar-refractivity contribution in [1.82, 2.24) is 4.98 Å². The standard InChI is InChI=1S/C11H9NO3S2/c13-11(14)7-4-15-10(12-7)9-3-6-5-16-2-1-8(6)17-9/h3-4H,1-2,5H2,(H,13,14). The van der Waals surface area contributed by atoms with E-state index in [9.17, 15) is 4.79 Å². The summed E-state index contributed by atoms with van der Waals surface area (Å²) >= 11 is 3.57. The quantitative estimate of drug-likeness (QED) is 0.906. The molecule has 0 saturated heterocycles. The van der Waals surface area contributed by atoms with E-state index in [0.717, 1.165) is 22.8 Å². The largest absolute Gasteiger partial charge is 0.476 e. The van der Waals surface area contributed by atoms with Gasteiger partial charge < -0.3 is 9.52 Å². The third-order valence-electron chi connectivity index (χ3n) is 2.56. The van der Waals surface area contributed by atoms with E-state index in [-0.39, 0.29) is 5.69 Å². The maximum Gasteiger partial charge on any atom is 0.357 e. The molecule has 0 fully saturated rings. The second-order valence-corrected chi connectivity index (χ2v) is 5.95. The summed E-state index contributed by atoms with van der Waals surface area (Å²) in [7, 11) is 0. The van der Waals surface area contributed by atoms with Crippen LogP contribution in [-0.4, -0.2) is 21.8 Å². The summed E-state index contributed by atoms with van der Waals surface area (Å²) in [5.41, 5.74) is 1.29. The van der Waals surface area contributed by atoms with Crippen LogP contribution in [0.4, 0.5) is 0 Å². The van der Waals surface area contributed by atoms with E-state index >= 15 is 0 Å². The minimum Gasteiger partial charge on any atom is -0.476 e. The van der Waals surface area contributed by atoms with Gasteiger partial charge in [0.15, 0.2) is 5.69 Å². The lowest BCUT2D eigenvalue weighted by Gasteiger charge is -2.08. The van der Waals surface area contributed by atoms with Crippen LogP contribution in [0, 0.1) is 0 Å². The number of thioether (sulfide) groups is 1. The molecule has 17 heavy (non-hydrogen) atoms. The van der Waals surface area contributed by atoms with Gasteiger partial charge in [0, 0.05) is 10.6 Å². The second kappa shape index (κ2) is 4.19. The zero-order chi connectivity index (χ0) is 11.8. The Balaban J connectivity index is 1.97. The number of hydrogen-bond donors (Lipinski definition) is 1. The molecule has 6 heteroatoms. The number of aromatic carboxylic acids is 1. The highest BCUT2D eigenvalue weighted by molar-refractivity contribution is 7.98. The summed E-state index contributed by atoms with van der Waals surface area (Å²) in [5, 5.41) is 8.78. The Bertz CT molecular complexity index is 550. The van der Waals surface area contributed by atoms with Crippen molar-refractivity contribution in [2.75, 3.05) is 5.75 Å². The summed E-state index contributed by atoms with van der Waals surface area (Å²) in [6.45, 7) is 0. The lowest BCUT2D eigenvalue weighted by molar-refractivity contribution is 0.0690. The van der Waals surface area contributed by atoms with Crippen molar-refractivity contribution < 1.29 is 14.3 Å². The molecule has 2 aromatic heterocycles. The van der Waals surface area contributed by atoms with E-state index in [0.29, 0.717) is 5.89 Å². The molecule has 3 heterocycles. The predicted octanol–water partition coefficient (Wildman–Crippen LogP) is 2.89. The molecular formula is C11H9NO3S2. The molecule has 3 rings (SSSR count). The molecule has 4 nitrogen and oxygen atoms in total. The fourth-order valence-electron chi connectivity index (χ4n) is 1.74. The molecule has 0 atom stereocenters. The molecule has 0 radical (unpaired) electrons. The minimum absolute atomic E-state index is 0.0410. The number of oxazole rings is 1. The van der Waals surface area contributed by atoms with Gasteiger partial charge in [0.05, 0.1) is 4.88 Å². The Morgan fingerprint density at radius 2 is 2.41 bits per heavy atom. The summed E-state index contributed by atoms with van der Waals surface area (Å²) in [6.07, 6.45) is 2.27. The number of nitrogens with zero attached hydrogens (tertiary/aromatic N) is 1. The lowest BCUT2D eigenvalue weighted by Crippen LogP contribution is -1.96. The zero-order valence-corrected chi connectivity index (χ0v) is 10.4. The molecule has 1 aliphatic heterocycles. The number of rotatable bonds is 2. The average Bonchev–Trinajstić information content (AvgIpc) is 2.95. The van der Waals surface area contributed by atoms with Gasteiger partial charge in [-0.05, 0) is 23.8 Å².